The average molecular weight is 386 g/mol. The molecule has 1 aromatic heterocycles. The predicted molar refractivity (Wildman–Crippen MR) is 99.5 cm³/mol. The van der Waals surface area contributed by atoms with Gasteiger partial charge in [0.1, 0.15) is 35.2 Å². The summed E-state index contributed by atoms with van der Waals surface area (Å²) in [5.41, 5.74) is 7.55. The predicted octanol–water partition coefficient (Wildman–Crippen LogP) is 1.99. The van der Waals surface area contributed by atoms with Crippen LogP contribution < -0.4 is 10.5 Å². The Hall–Kier alpha value is -2.71. The van der Waals surface area contributed by atoms with Crippen LogP contribution in [0.5, 0.6) is 5.75 Å². The van der Waals surface area contributed by atoms with Crippen molar-refractivity contribution < 1.29 is 23.5 Å². The first-order chi connectivity index (χ1) is 13.1. The van der Waals surface area contributed by atoms with Crippen molar-refractivity contribution in [1.29, 1.82) is 0 Å². The standard InChI is InChI=1S/C19H18N2O5S/c1-24-12-6-4-11(5-7-12)9-26-19(23)16-13(14-3-2-8-25-14)10-27-18-15(20)17(22)21(16)18/h2-8,15,18H,9-10,20H2,1H3/t15-,18-/m1/s1. The second kappa shape index (κ2) is 7.13. The number of hydrogen-bond acceptors (Lipinski definition) is 7. The lowest BCUT2D eigenvalue weighted by atomic mass is 10.0. The van der Waals surface area contributed by atoms with E-state index in [0.29, 0.717) is 17.1 Å². The fraction of sp³-hybridized carbons (Fsp3) is 0.263. The van der Waals surface area contributed by atoms with Gasteiger partial charge in [0.15, 0.2) is 0 Å². The van der Waals surface area contributed by atoms with Gasteiger partial charge in [-0.15, -0.1) is 11.8 Å². The van der Waals surface area contributed by atoms with Gasteiger partial charge in [-0.2, -0.15) is 0 Å². The molecule has 7 nitrogen and oxygen atoms in total. The molecule has 2 aliphatic heterocycles. The number of thioether (sulfide) groups is 1. The van der Waals surface area contributed by atoms with Crippen LogP contribution in [0.15, 0.2) is 52.8 Å². The zero-order valence-electron chi connectivity index (χ0n) is 14.6. The minimum atomic E-state index is -0.600. The van der Waals surface area contributed by atoms with Crippen molar-refractivity contribution in [1.82, 2.24) is 4.90 Å². The highest BCUT2D eigenvalue weighted by Gasteiger charge is 2.52. The summed E-state index contributed by atoms with van der Waals surface area (Å²) >= 11 is 1.51. The summed E-state index contributed by atoms with van der Waals surface area (Å²) in [6.45, 7) is 0.0870. The summed E-state index contributed by atoms with van der Waals surface area (Å²) in [5.74, 6) is 0.934. The fourth-order valence-corrected chi connectivity index (χ4v) is 4.38. The maximum atomic E-state index is 12.9. The number of hydrogen-bond donors (Lipinski definition) is 1. The maximum absolute atomic E-state index is 12.9. The number of esters is 1. The van der Waals surface area contributed by atoms with E-state index < -0.39 is 12.0 Å². The third-order valence-corrected chi connectivity index (χ3v) is 5.85. The van der Waals surface area contributed by atoms with Gasteiger partial charge in [0, 0.05) is 11.3 Å². The molecular formula is C19H18N2O5S. The van der Waals surface area contributed by atoms with Crippen LogP contribution in [-0.4, -0.2) is 41.1 Å². The van der Waals surface area contributed by atoms with Crippen molar-refractivity contribution >= 4 is 29.2 Å². The van der Waals surface area contributed by atoms with Gasteiger partial charge in [0.2, 0.25) is 5.91 Å². The van der Waals surface area contributed by atoms with Crippen LogP contribution in [0.2, 0.25) is 0 Å². The highest BCUT2D eigenvalue weighted by atomic mass is 32.2. The van der Waals surface area contributed by atoms with E-state index in [1.807, 2.05) is 12.1 Å². The van der Waals surface area contributed by atoms with Crippen LogP contribution >= 0.6 is 11.8 Å². The summed E-state index contributed by atoms with van der Waals surface area (Å²) in [4.78, 5) is 26.5. The van der Waals surface area contributed by atoms with Crippen molar-refractivity contribution in [2.45, 2.75) is 18.0 Å². The van der Waals surface area contributed by atoms with Crippen LogP contribution in [0.3, 0.4) is 0 Å². The van der Waals surface area contributed by atoms with Crippen LogP contribution in [0, 0.1) is 0 Å². The Morgan fingerprint density at radius 3 is 2.78 bits per heavy atom. The SMILES string of the molecule is COc1ccc(COC(=O)C2=C(c3ccco3)CS[C@@H]3[C@H](N)C(=O)N23)cc1. The molecule has 2 aromatic rings. The Bertz CT molecular complexity index is 891. The number of fused-ring (bicyclic) bond motifs is 1. The van der Waals surface area contributed by atoms with E-state index in [-0.39, 0.29) is 23.6 Å². The molecule has 4 rings (SSSR count). The van der Waals surface area contributed by atoms with E-state index in [4.69, 9.17) is 19.6 Å². The van der Waals surface area contributed by atoms with Gasteiger partial charge in [0.25, 0.3) is 0 Å². The van der Waals surface area contributed by atoms with Crippen molar-refractivity contribution in [2.24, 2.45) is 5.73 Å². The lowest BCUT2D eigenvalue weighted by Crippen LogP contribution is -2.68. The van der Waals surface area contributed by atoms with Gasteiger partial charge in [-0.3, -0.25) is 9.69 Å². The number of furan rings is 1. The lowest BCUT2D eigenvalue weighted by Gasteiger charge is -2.48. The van der Waals surface area contributed by atoms with E-state index >= 15 is 0 Å². The Morgan fingerprint density at radius 2 is 2.11 bits per heavy atom. The number of benzene rings is 1. The van der Waals surface area contributed by atoms with Crippen LogP contribution in [0.4, 0.5) is 0 Å². The van der Waals surface area contributed by atoms with Gasteiger partial charge in [-0.25, -0.2) is 4.79 Å². The minimum Gasteiger partial charge on any atom is -0.497 e. The third-order valence-electron chi connectivity index (χ3n) is 4.55. The molecule has 3 heterocycles. The van der Waals surface area contributed by atoms with E-state index in [9.17, 15) is 9.59 Å². The zero-order chi connectivity index (χ0) is 19.0. The van der Waals surface area contributed by atoms with E-state index in [0.717, 1.165) is 11.3 Å². The first-order valence-electron chi connectivity index (χ1n) is 8.37. The van der Waals surface area contributed by atoms with Crippen LogP contribution in [0.25, 0.3) is 5.57 Å². The molecule has 0 bridgehead atoms. The highest BCUT2D eigenvalue weighted by Crippen LogP contribution is 2.43. The molecule has 1 amide bonds. The number of rotatable bonds is 5. The second-order valence-electron chi connectivity index (χ2n) is 6.16. The number of nitrogens with two attached hydrogens (primary N) is 1. The van der Waals surface area contributed by atoms with Gasteiger partial charge >= 0.3 is 5.97 Å². The topological polar surface area (TPSA) is 95.0 Å². The third kappa shape index (κ3) is 3.11. The first kappa shape index (κ1) is 17.7. The summed E-state index contributed by atoms with van der Waals surface area (Å²) in [6.07, 6.45) is 1.53. The minimum absolute atomic E-state index is 0.0870. The number of carbonyl (C=O) groups excluding carboxylic acids is 2. The van der Waals surface area contributed by atoms with Crippen molar-refractivity contribution in [3.63, 3.8) is 0 Å². The second-order valence-corrected chi connectivity index (χ2v) is 7.27. The molecule has 0 unspecified atom stereocenters. The summed E-state index contributed by atoms with van der Waals surface area (Å²) in [7, 11) is 1.59. The smallest absolute Gasteiger partial charge is 0.355 e. The Balaban J connectivity index is 1.58. The van der Waals surface area contributed by atoms with E-state index in [1.54, 1.807) is 31.4 Å². The molecule has 140 valence electrons. The maximum Gasteiger partial charge on any atom is 0.355 e. The van der Waals surface area contributed by atoms with E-state index in [1.165, 1.54) is 22.9 Å². The summed E-state index contributed by atoms with van der Waals surface area (Å²) in [6, 6.07) is 10.1. The van der Waals surface area contributed by atoms with Gasteiger partial charge in [0.05, 0.1) is 13.4 Å². The molecule has 2 atom stereocenters. The normalized spacial score (nSPS) is 21.6. The van der Waals surface area contributed by atoms with Gasteiger partial charge in [-0.1, -0.05) is 12.1 Å². The number of methoxy groups -OCH3 is 1. The molecule has 0 aliphatic carbocycles. The van der Waals surface area contributed by atoms with Gasteiger partial charge in [-0.05, 0) is 29.8 Å². The summed E-state index contributed by atoms with van der Waals surface area (Å²) < 4.78 is 16.0. The number of ether oxygens (including phenoxy) is 2. The van der Waals surface area contributed by atoms with Crippen LogP contribution in [-0.2, 0) is 20.9 Å². The molecule has 0 radical (unpaired) electrons. The molecule has 0 saturated carbocycles. The molecule has 2 N–H and O–H groups in total. The number of nitrogens with zero attached hydrogens (tertiary/aromatic N) is 1. The average Bonchev–Trinajstić information content (AvgIpc) is 3.25. The Morgan fingerprint density at radius 1 is 1.33 bits per heavy atom. The van der Waals surface area contributed by atoms with Crippen molar-refractivity contribution in [2.75, 3.05) is 12.9 Å². The Labute approximate surface area is 160 Å². The monoisotopic (exact) mass is 386 g/mol. The number of amides is 1. The molecule has 1 fully saturated rings. The molecule has 8 heteroatoms. The molecule has 1 saturated heterocycles. The zero-order valence-corrected chi connectivity index (χ0v) is 15.4. The largest absolute Gasteiger partial charge is 0.497 e. The van der Waals surface area contributed by atoms with Crippen LogP contribution in [0.1, 0.15) is 11.3 Å². The fourth-order valence-electron chi connectivity index (χ4n) is 3.08. The summed E-state index contributed by atoms with van der Waals surface area (Å²) in [5, 5.41) is -0.250. The quantitative estimate of drug-likeness (QED) is 0.620. The van der Waals surface area contributed by atoms with E-state index in [2.05, 4.69) is 0 Å². The van der Waals surface area contributed by atoms with Gasteiger partial charge < -0.3 is 19.6 Å². The highest BCUT2D eigenvalue weighted by molar-refractivity contribution is 8.00. The first-order valence-corrected chi connectivity index (χ1v) is 9.42. The molecule has 2 aliphatic rings. The number of carbonyl (C=O) groups is 2. The number of β-lactam (4-membered cyclic amide) rings is 1. The molecule has 27 heavy (non-hydrogen) atoms. The molecule has 1 aromatic carbocycles. The molecular weight excluding hydrogens is 368 g/mol. The van der Waals surface area contributed by atoms with Crippen molar-refractivity contribution in [3.05, 3.63) is 59.7 Å². The Kier molecular flexibility index (Phi) is 4.67. The lowest BCUT2D eigenvalue weighted by molar-refractivity contribution is -0.151. The van der Waals surface area contributed by atoms with Crippen molar-refractivity contribution in [3.8, 4) is 5.75 Å². The molecule has 0 spiro atoms.